The van der Waals surface area contributed by atoms with E-state index in [-0.39, 0.29) is 40.8 Å². The van der Waals surface area contributed by atoms with Crippen LogP contribution in [0.15, 0.2) is 23.8 Å². The molecule has 1 aliphatic carbocycles. The van der Waals surface area contributed by atoms with Gasteiger partial charge in [0.2, 0.25) is 16.5 Å². The first-order valence-corrected chi connectivity index (χ1v) is 16.2. The molecule has 0 radical (unpaired) electrons. The van der Waals surface area contributed by atoms with E-state index >= 15 is 0 Å². The molecule has 14 nitrogen and oxygen atoms in total. The first-order valence-electron chi connectivity index (χ1n) is 18.1. The number of carboxylic acid groups (broad SMARTS) is 1. The fourth-order valence-corrected chi connectivity index (χ4v) is 6.09. The molecule has 1 amide bonds. The fraction of sp³-hybridized carbons (Fsp3) is 0.600. The molecule has 0 spiro atoms. The van der Waals surface area contributed by atoms with Crippen LogP contribution in [0.2, 0.25) is 0 Å². The number of carbonyl (C=O) groups is 2. The lowest BCUT2D eigenvalue weighted by atomic mass is 9.83. The van der Waals surface area contributed by atoms with Gasteiger partial charge in [-0.3, -0.25) is 4.79 Å². The SMILES string of the molecule is [2H]B([3H])CSOc1cc(/C=C(\C)C(=O)N[C@H]2[C@@H](OSCB([2H])[3H])[C@@H]3OCO[C@@H]3[C@H](O[3H])[C@H]2O[3H])ccc1O[C@@H]1O[C@H](C(=O)O)[C@@H](OSCB([2H])[3H])[C@@H]1O[3H]. The van der Waals surface area contributed by atoms with Crippen molar-refractivity contribution in [1.29, 1.82) is 12.3 Å². The zero-order valence-corrected chi connectivity index (χ0v) is 26.2. The van der Waals surface area contributed by atoms with Gasteiger partial charge in [0.05, 0.1) is 6.04 Å². The van der Waals surface area contributed by atoms with Gasteiger partial charge in [-0.25, -0.2) is 4.79 Å². The summed E-state index contributed by atoms with van der Waals surface area (Å²) in [7, 11) is -3.72. The summed E-state index contributed by atoms with van der Waals surface area (Å²) in [6.07, 6.45) is -9.57. The van der Waals surface area contributed by atoms with Crippen LogP contribution in [-0.4, -0.2) is 153 Å². The van der Waals surface area contributed by atoms with Crippen LogP contribution in [-0.2, 0) is 32.2 Å². The summed E-state index contributed by atoms with van der Waals surface area (Å²) in [5.41, 5.74) is 0.283. The molecule has 2 aliphatic heterocycles. The highest BCUT2D eigenvalue weighted by atomic mass is 32.2. The molecular formula is C25H36B3NO13S3. The summed E-state index contributed by atoms with van der Waals surface area (Å²) in [4.78, 5) is 25.6. The van der Waals surface area contributed by atoms with Crippen molar-refractivity contribution < 1.29 is 61.5 Å². The predicted molar refractivity (Wildman–Crippen MR) is 175 cm³/mol. The summed E-state index contributed by atoms with van der Waals surface area (Å²) < 4.78 is 107. The number of aliphatic carboxylic acids is 1. The van der Waals surface area contributed by atoms with Crippen LogP contribution in [0.25, 0.3) is 6.08 Å². The molecule has 10 atom stereocenters. The summed E-state index contributed by atoms with van der Waals surface area (Å²) >= 11 is 2.20. The van der Waals surface area contributed by atoms with E-state index in [9.17, 15) is 14.7 Å². The third-order valence-corrected chi connectivity index (χ3v) is 8.32. The molecule has 1 aromatic carbocycles. The normalized spacial score (nSPS) is 35.5. The molecule has 20 heteroatoms. The highest BCUT2D eigenvalue weighted by Gasteiger charge is 2.55. The maximum atomic E-state index is 13.6. The van der Waals surface area contributed by atoms with Crippen molar-refractivity contribution in [3.05, 3.63) is 29.3 Å². The quantitative estimate of drug-likeness (QED) is 0.0512. The molecule has 3 fully saturated rings. The van der Waals surface area contributed by atoms with Crippen LogP contribution < -0.4 is 14.2 Å². The van der Waals surface area contributed by atoms with Crippen LogP contribution in [0.4, 0.5) is 0 Å². The van der Waals surface area contributed by atoms with Crippen molar-refractivity contribution in [1.82, 2.24) is 5.32 Å². The standard InChI is InChI=1S/C25H36B3NO13S3/c1-10(23(33)29-14-15(30)16(31)19-21(37-9-36-19)18(14)41-44-7-27)4-11-2-3-12(13(5-11)40-43-6-26)38-25-17(32)20(42-45-8-28)22(39-25)24(34)35/h2-5,14-22,25,30-32H,6-9,26-28H2,1H3,(H,29,33)(H,34,35)/b10-4+/t14-,15+,16-,17+,18-,19-,20+,21+,22+,25-/m1/s1/i26TD,27TD,28TD,30T,31T,32T. The number of rotatable bonds is 21. The van der Waals surface area contributed by atoms with Crippen LogP contribution in [0.5, 0.6) is 11.5 Å². The van der Waals surface area contributed by atoms with Gasteiger partial charge in [-0.1, -0.05) is 6.07 Å². The Kier molecular flexibility index (Phi) is 9.62. The largest absolute Gasteiger partial charge is 0.479 e. The molecule has 2 saturated heterocycles. The van der Waals surface area contributed by atoms with Crippen molar-refractivity contribution in [2.24, 2.45) is 0 Å². The Labute approximate surface area is 289 Å². The second-order valence-corrected chi connectivity index (χ2v) is 12.0. The van der Waals surface area contributed by atoms with E-state index in [2.05, 4.69) is 5.32 Å². The Morgan fingerprint density at radius 2 is 1.78 bits per heavy atom. The second kappa shape index (κ2) is 17.0. The summed E-state index contributed by atoms with van der Waals surface area (Å²) in [5.74, 6) is -2.10. The van der Waals surface area contributed by atoms with Gasteiger partial charge in [-0.2, -0.15) is 0 Å². The average molecular weight is 702 g/mol. The van der Waals surface area contributed by atoms with E-state index < -0.39 is 96.4 Å². The maximum absolute atomic E-state index is 13.6. The Morgan fingerprint density at radius 1 is 1.07 bits per heavy atom. The molecule has 3 aliphatic rings. The van der Waals surface area contributed by atoms with E-state index in [1.807, 2.05) is 0 Å². The first-order chi connectivity index (χ1) is 25.8. The van der Waals surface area contributed by atoms with Crippen molar-refractivity contribution in [2.75, 3.05) is 23.7 Å². The van der Waals surface area contributed by atoms with Crippen LogP contribution in [0, 0.1) is 0 Å². The summed E-state index contributed by atoms with van der Waals surface area (Å²) in [5, 5.41) is 26.9. The van der Waals surface area contributed by atoms with Gasteiger partial charge in [0.15, 0.2) is 17.6 Å². The van der Waals surface area contributed by atoms with Gasteiger partial charge >= 0.3 is 5.97 Å². The molecule has 1 saturated carbocycles. The molecule has 2 heterocycles. The molecule has 45 heavy (non-hydrogen) atoms. The van der Waals surface area contributed by atoms with Crippen LogP contribution in [0.1, 0.15) is 12.5 Å². The average Bonchev–Trinajstić information content (AvgIpc) is 3.74. The topological polar surface area (TPSA) is 192 Å². The number of benzene rings is 1. The molecule has 246 valence electrons. The molecule has 4 rings (SSSR count). The fourth-order valence-electron chi connectivity index (χ4n) is 4.85. The number of nitrogens with one attached hydrogen (secondary N) is 1. The van der Waals surface area contributed by atoms with Gasteiger partial charge in [0, 0.05) is 23.3 Å². The predicted octanol–water partition coefficient (Wildman–Crippen LogP) is -2.53. The van der Waals surface area contributed by atoms with E-state index in [4.69, 9.17) is 59.1 Å². The summed E-state index contributed by atoms with van der Waals surface area (Å²) in [6, 6.07) is 3.26. The number of amides is 1. The Morgan fingerprint density at radius 3 is 2.49 bits per heavy atom. The van der Waals surface area contributed by atoms with Gasteiger partial charge in [0.1, 0.15) is 72.8 Å². The van der Waals surface area contributed by atoms with Gasteiger partial charge in [-0.15, -0.1) is 0 Å². The number of carboxylic acids is 1. The molecule has 0 aromatic heterocycles. The molecular weight excluding hydrogens is 651 g/mol. The van der Waals surface area contributed by atoms with Gasteiger partial charge < -0.3 is 57.2 Å². The van der Waals surface area contributed by atoms with Crippen molar-refractivity contribution in [2.45, 2.75) is 68.1 Å². The van der Waals surface area contributed by atoms with Gasteiger partial charge in [0.25, 0.3) is 0 Å². The highest BCUT2D eigenvalue weighted by Crippen LogP contribution is 2.37. The zero-order valence-electron chi connectivity index (χ0n) is 32.7. The van der Waals surface area contributed by atoms with Crippen molar-refractivity contribution in [3.8, 4) is 11.5 Å². The first kappa shape index (κ1) is 25.4. The lowest BCUT2D eigenvalue weighted by Crippen LogP contribution is -2.67. The molecule has 0 bridgehead atoms. The lowest BCUT2D eigenvalue weighted by molar-refractivity contribution is -0.161. The number of aliphatic hydroxyl groups excluding tert-OH is 3. The third kappa shape index (κ3) is 8.67. The van der Waals surface area contributed by atoms with Crippen LogP contribution in [0.3, 0.4) is 0 Å². The van der Waals surface area contributed by atoms with E-state index in [0.29, 0.717) is 17.6 Å². The minimum Gasteiger partial charge on any atom is -0.479 e. The number of hydrogen-bond acceptors (Lipinski definition) is 15. The second-order valence-electron chi connectivity index (χ2n) is 9.75. The molecule has 5 N–H and O–H groups in total. The van der Waals surface area contributed by atoms with Crippen molar-refractivity contribution >= 4 is 77.4 Å². The number of hydrogen-bond donors (Lipinski definition) is 5. The van der Waals surface area contributed by atoms with E-state index in [0.717, 1.165) is 24.1 Å². The summed E-state index contributed by atoms with van der Waals surface area (Å²) in [6.45, 7) is 1.31. The van der Waals surface area contributed by atoms with Crippen molar-refractivity contribution in [3.63, 3.8) is 0 Å². The lowest BCUT2D eigenvalue weighted by Gasteiger charge is -2.43. The number of fused-ring (bicyclic) bond motifs is 1. The van der Waals surface area contributed by atoms with Crippen LogP contribution >= 0.6 is 36.1 Å². The third-order valence-electron chi connectivity index (χ3n) is 6.90. The van der Waals surface area contributed by atoms with E-state index in [1.165, 1.54) is 31.2 Å². The van der Waals surface area contributed by atoms with Gasteiger partial charge in [-0.05, 0) is 74.1 Å². The minimum atomic E-state index is -1.64. The highest BCUT2D eigenvalue weighted by molar-refractivity contribution is 7.96. The zero-order chi connectivity index (χ0) is 39.5. The monoisotopic (exact) mass is 702 g/mol. The molecule has 1 aromatic rings. The Balaban J connectivity index is 1.56. The maximum Gasteiger partial charge on any atom is 0.335 e. The Bertz CT molecular complexity index is 1430. The molecule has 0 unspecified atom stereocenters. The smallest absolute Gasteiger partial charge is 0.335 e. The number of ether oxygens (including phenoxy) is 4. The number of carbonyl (C=O) groups excluding carboxylic acids is 1. The minimum absolute atomic E-state index is 0.00852. The Hall–Kier alpha value is -1.58. The van der Waals surface area contributed by atoms with E-state index in [1.54, 1.807) is 0 Å². The number of aliphatic hydroxyl groups is 3.